The number of rotatable bonds is 1. The molecule has 5 heteroatoms. The summed E-state index contributed by atoms with van der Waals surface area (Å²) in [6.45, 7) is 1.93. The van der Waals surface area contributed by atoms with Crippen LogP contribution in [0.2, 0.25) is 0 Å². The van der Waals surface area contributed by atoms with Gasteiger partial charge in [0.25, 0.3) is 0 Å². The van der Waals surface area contributed by atoms with Gasteiger partial charge in [0.1, 0.15) is 5.84 Å². The van der Waals surface area contributed by atoms with Crippen molar-refractivity contribution in [2.75, 3.05) is 0 Å². The third-order valence-electron chi connectivity index (χ3n) is 2.29. The Morgan fingerprint density at radius 2 is 2.27 bits per heavy atom. The van der Waals surface area contributed by atoms with E-state index in [1.165, 1.54) is 0 Å². The highest BCUT2D eigenvalue weighted by Crippen LogP contribution is 2.21. The number of aliphatic imine (C=N–C) groups is 1. The smallest absolute Gasteiger partial charge is 0.211 e. The minimum Gasteiger partial charge on any atom is -0.384 e. The first-order chi connectivity index (χ1) is 7.12. The zero-order valence-electron chi connectivity index (χ0n) is 8.44. The first kappa shape index (κ1) is 9.67. The van der Waals surface area contributed by atoms with Gasteiger partial charge in [0.05, 0.1) is 0 Å². The number of aryl methyl sites for hydroxylation is 1. The first-order valence-electron chi connectivity index (χ1n) is 4.61. The molecule has 1 aromatic rings. The van der Waals surface area contributed by atoms with E-state index in [9.17, 15) is 0 Å². The lowest BCUT2D eigenvalue weighted by Gasteiger charge is -2.29. The largest absolute Gasteiger partial charge is 0.384 e. The zero-order valence-corrected chi connectivity index (χ0v) is 8.44. The molecule has 5 nitrogen and oxygen atoms in total. The number of aromatic nitrogens is 1. The lowest BCUT2D eigenvalue weighted by Crippen LogP contribution is -2.49. The van der Waals surface area contributed by atoms with Crippen LogP contribution in [-0.4, -0.2) is 10.8 Å². The van der Waals surface area contributed by atoms with Crippen LogP contribution in [0.1, 0.15) is 11.1 Å². The Labute approximate surface area is 87.9 Å². The number of pyridine rings is 1. The third-order valence-corrected chi connectivity index (χ3v) is 2.29. The number of nitrogens with zero attached hydrogens (tertiary/aromatic N) is 2. The molecule has 0 aliphatic carbocycles. The summed E-state index contributed by atoms with van der Waals surface area (Å²) in [6, 6.07) is 1.83. The van der Waals surface area contributed by atoms with Crippen molar-refractivity contribution in [1.29, 1.82) is 0 Å². The molecule has 2 heterocycles. The molecule has 0 saturated heterocycles. The van der Waals surface area contributed by atoms with E-state index < -0.39 is 5.79 Å². The Morgan fingerprint density at radius 1 is 1.47 bits per heavy atom. The van der Waals surface area contributed by atoms with Gasteiger partial charge in [-0.1, -0.05) is 0 Å². The van der Waals surface area contributed by atoms with Crippen LogP contribution in [0.4, 0.5) is 0 Å². The third kappa shape index (κ3) is 1.69. The van der Waals surface area contributed by atoms with Gasteiger partial charge in [-0.2, -0.15) is 0 Å². The minimum atomic E-state index is -0.980. The summed E-state index contributed by atoms with van der Waals surface area (Å²) in [7, 11) is 0. The van der Waals surface area contributed by atoms with Gasteiger partial charge in [-0.3, -0.25) is 10.7 Å². The molecule has 0 spiro atoms. The van der Waals surface area contributed by atoms with E-state index in [2.05, 4.69) is 15.3 Å². The van der Waals surface area contributed by atoms with Crippen LogP contribution in [-0.2, 0) is 5.79 Å². The van der Waals surface area contributed by atoms with Crippen molar-refractivity contribution in [3.05, 3.63) is 41.9 Å². The fourth-order valence-electron chi connectivity index (χ4n) is 1.57. The Kier molecular flexibility index (Phi) is 2.17. The van der Waals surface area contributed by atoms with E-state index in [1.807, 2.05) is 13.0 Å². The van der Waals surface area contributed by atoms with Gasteiger partial charge < -0.3 is 11.1 Å². The molecule has 0 amide bonds. The second-order valence-corrected chi connectivity index (χ2v) is 3.47. The normalized spacial score (nSPS) is 24.5. The highest BCUT2D eigenvalue weighted by atomic mass is 15.3. The molecule has 78 valence electrons. The SMILES string of the molecule is Cc1cnccc1C1(N)N=C(N)C=CN1. The summed E-state index contributed by atoms with van der Waals surface area (Å²) in [5.74, 6) is -0.571. The summed E-state index contributed by atoms with van der Waals surface area (Å²) >= 11 is 0. The van der Waals surface area contributed by atoms with Gasteiger partial charge in [-0.15, -0.1) is 0 Å². The highest BCUT2D eigenvalue weighted by Gasteiger charge is 2.28. The van der Waals surface area contributed by atoms with E-state index in [1.54, 1.807) is 24.7 Å². The monoisotopic (exact) mass is 203 g/mol. The quantitative estimate of drug-likeness (QED) is 0.596. The van der Waals surface area contributed by atoms with Crippen LogP contribution in [0.25, 0.3) is 0 Å². The molecule has 0 fully saturated rings. The van der Waals surface area contributed by atoms with Crippen molar-refractivity contribution in [1.82, 2.24) is 10.3 Å². The molecule has 1 aromatic heterocycles. The van der Waals surface area contributed by atoms with Crippen molar-refractivity contribution < 1.29 is 0 Å². The highest BCUT2D eigenvalue weighted by molar-refractivity contribution is 5.92. The number of amidine groups is 1. The van der Waals surface area contributed by atoms with E-state index in [-0.39, 0.29) is 0 Å². The molecule has 1 atom stereocenters. The topological polar surface area (TPSA) is 89.3 Å². The summed E-state index contributed by atoms with van der Waals surface area (Å²) in [6.07, 6.45) is 6.79. The van der Waals surface area contributed by atoms with Crippen LogP contribution in [0.15, 0.2) is 35.7 Å². The molecule has 0 saturated carbocycles. The summed E-state index contributed by atoms with van der Waals surface area (Å²) < 4.78 is 0. The molecule has 2 rings (SSSR count). The van der Waals surface area contributed by atoms with E-state index in [4.69, 9.17) is 11.5 Å². The number of hydrogen-bond donors (Lipinski definition) is 3. The van der Waals surface area contributed by atoms with E-state index in [0.717, 1.165) is 11.1 Å². The van der Waals surface area contributed by atoms with Crippen molar-refractivity contribution in [3.8, 4) is 0 Å². The number of hydrogen-bond acceptors (Lipinski definition) is 5. The molecule has 0 radical (unpaired) electrons. The molecular weight excluding hydrogens is 190 g/mol. The lowest BCUT2D eigenvalue weighted by atomic mass is 10.0. The fraction of sp³-hybridized carbons (Fsp3) is 0.200. The lowest BCUT2D eigenvalue weighted by molar-refractivity contribution is 0.407. The van der Waals surface area contributed by atoms with Crippen molar-refractivity contribution in [3.63, 3.8) is 0 Å². The average Bonchev–Trinajstić information content (AvgIpc) is 2.17. The predicted octanol–water partition coefficient (Wildman–Crippen LogP) is -0.0669. The Bertz CT molecular complexity index is 437. The maximum atomic E-state index is 6.11. The second-order valence-electron chi connectivity index (χ2n) is 3.47. The second kappa shape index (κ2) is 3.36. The van der Waals surface area contributed by atoms with Gasteiger partial charge in [-0.25, -0.2) is 4.99 Å². The van der Waals surface area contributed by atoms with Crippen LogP contribution >= 0.6 is 0 Å². The van der Waals surface area contributed by atoms with Gasteiger partial charge in [0, 0.05) is 24.2 Å². The van der Waals surface area contributed by atoms with E-state index in [0.29, 0.717) is 5.84 Å². The van der Waals surface area contributed by atoms with Crippen LogP contribution < -0.4 is 16.8 Å². The maximum Gasteiger partial charge on any atom is 0.211 e. The first-order valence-corrected chi connectivity index (χ1v) is 4.61. The molecule has 1 unspecified atom stereocenters. The standard InChI is InChI=1S/C10H13N5/c1-7-6-13-4-2-8(7)10(12)14-5-3-9(11)15-10/h2-6,14H,12H2,1H3,(H2,11,15). The van der Waals surface area contributed by atoms with Crippen LogP contribution in [0.3, 0.4) is 0 Å². The number of nitrogens with one attached hydrogen (secondary N) is 1. The summed E-state index contributed by atoms with van der Waals surface area (Å²) in [4.78, 5) is 8.20. The van der Waals surface area contributed by atoms with Crippen molar-refractivity contribution >= 4 is 5.84 Å². The molecule has 0 aromatic carbocycles. The Morgan fingerprint density at radius 3 is 2.93 bits per heavy atom. The fourth-order valence-corrected chi connectivity index (χ4v) is 1.57. The van der Waals surface area contributed by atoms with Gasteiger partial charge in [0.2, 0.25) is 5.79 Å². The molecule has 0 bridgehead atoms. The Hall–Kier alpha value is -1.88. The van der Waals surface area contributed by atoms with Gasteiger partial charge >= 0.3 is 0 Å². The maximum absolute atomic E-state index is 6.11. The Balaban J connectivity index is 2.47. The van der Waals surface area contributed by atoms with Crippen LogP contribution in [0.5, 0.6) is 0 Å². The summed E-state index contributed by atoms with van der Waals surface area (Å²) in [5.41, 5.74) is 13.6. The zero-order chi connectivity index (χ0) is 10.9. The van der Waals surface area contributed by atoms with Crippen molar-refractivity contribution in [2.24, 2.45) is 16.5 Å². The van der Waals surface area contributed by atoms with Crippen molar-refractivity contribution in [2.45, 2.75) is 12.7 Å². The average molecular weight is 203 g/mol. The molecule has 15 heavy (non-hydrogen) atoms. The van der Waals surface area contributed by atoms with Crippen LogP contribution in [0, 0.1) is 6.92 Å². The molecule has 1 aliphatic heterocycles. The minimum absolute atomic E-state index is 0.410. The molecule has 1 aliphatic rings. The number of nitrogens with two attached hydrogens (primary N) is 2. The predicted molar refractivity (Wildman–Crippen MR) is 58.7 cm³/mol. The molecular formula is C10H13N5. The van der Waals surface area contributed by atoms with Gasteiger partial charge in [0.15, 0.2) is 0 Å². The van der Waals surface area contributed by atoms with E-state index >= 15 is 0 Å². The molecule has 5 N–H and O–H groups in total. The van der Waals surface area contributed by atoms with Gasteiger partial charge in [-0.05, 0) is 24.6 Å². The summed E-state index contributed by atoms with van der Waals surface area (Å²) in [5, 5.41) is 2.98.